The molecule has 3 aromatic rings. The van der Waals surface area contributed by atoms with Gasteiger partial charge in [-0.2, -0.15) is 9.47 Å². The van der Waals surface area contributed by atoms with Crippen LogP contribution >= 0.6 is 23.3 Å². The molecule has 7 heteroatoms. The predicted molar refractivity (Wildman–Crippen MR) is 104 cm³/mol. The Morgan fingerprint density at radius 2 is 2.17 bits per heavy atom. The maximum Gasteiger partial charge on any atom is 0.139 e. The molecule has 0 aliphatic heterocycles. The van der Waals surface area contributed by atoms with Gasteiger partial charge < -0.3 is 0 Å². The fourth-order valence-corrected chi connectivity index (χ4v) is 3.40. The van der Waals surface area contributed by atoms with Crippen LogP contribution in [0, 0.1) is 6.92 Å². The molecule has 3 aromatic heterocycles. The zero-order valence-corrected chi connectivity index (χ0v) is 15.9. The van der Waals surface area contributed by atoms with Crippen LogP contribution in [0.25, 0.3) is 23.0 Å². The van der Waals surface area contributed by atoms with Crippen molar-refractivity contribution in [3.63, 3.8) is 0 Å². The van der Waals surface area contributed by atoms with Crippen molar-refractivity contribution in [2.24, 2.45) is 0 Å². The van der Waals surface area contributed by atoms with E-state index in [9.17, 15) is 0 Å². The molecule has 0 aliphatic carbocycles. The van der Waals surface area contributed by atoms with Crippen LogP contribution in [0.1, 0.15) is 24.5 Å². The lowest BCUT2D eigenvalue weighted by atomic mass is 10.2. The number of hydrogen-bond acceptors (Lipinski definition) is 5. The summed E-state index contributed by atoms with van der Waals surface area (Å²) in [6.45, 7) is 9.93. The quantitative estimate of drug-likeness (QED) is 0.668. The van der Waals surface area contributed by atoms with Crippen molar-refractivity contribution in [2.45, 2.75) is 25.7 Å². The van der Waals surface area contributed by atoms with Crippen LogP contribution in [-0.4, -0.2) is 30.4 Å². The molecular formula is C17H21N5S2. The van der Waals surface area contributed by atoms with Crippen LogP contribution < -0.4 is 0 Å². The first kappa shape index (κ1) is 18.2. The van der Waals surface area contributed by atoms with E-state index in [4.69, 9.17) is 0 Å². The lowest BCUT2D eigenvalue weighted by Crippen LogP contribution is -1.95. The molecule has 1 N–H and O–H groups in total. The van der Waals surface area contributed by atoms with Gasteiger partial charge in [-0.15, -0.1) is 11.8 Å². The summed E-state index contributed by atoms with van der Waals surface area (Å²) in [4.78, 5) is 6.98. The first-order chi connectivity index (χ1) is 11.6. The Morgan fingerprint density at radius 3 is 2.62 bits per heavy atom. The second-order valence-electron chi connectivity index (χ2n) is 5.04. The zero-order chi connectivity index (χ0) is 17.5. The number of nitrogens with zero attached hydrogens (tertiary/aromatic N) is 4. The standard InChI is InChI=1S/C12H14N4.C5H7NS2/c1-4-5-16-11(10-6-14-15-7-10)8-13-12(16)9(2)3;1-4-5(7-2)3-6-8-4/h4-8H,2H2,1,3H3,(H,14,15);3H,1-2H3/b5-4-;. The van der Waals surface area contributed by atoms with Crippen LogP contribution in [0.15, 0.2) is 42.3 Å². The molecule has 0 atom stereocenters. The zero-order valence-electron chi connectivity index (χ0n) is 14.3. The summed E-state index contributed by atoms with van der Waals surface area (Å²) >= 11 is 3.31. The van der Waals surface area contributed by atoms with E-state index in [0.29, 0.717) is 0 Å². The number of aromatic nitrogens is 5. The van der Waals surface area contributed by atoms with Gasteiger partial charge in [0.15, 0.2) is 0 Å². The summed E-state index contributed by atoms with van der Waals surface area (Å²) in [5.41, 5.74) is 2.95. The molecule has 3 heterocycles. The summed E-state index contributed by atoms with van der Waals surface area (Å²) < 4.78 is 6.02. The molecule has 0 fully saturated rings. The molecule has 24 heavy (non-hydrogen) atoms. The molecular weight excluding hydrogens is 338 g/mol. The Balaban J connectivity index is 0.000000219. The van der Waals surface area contributed by atoms with E-state index in [0.717, 1.165) is 22.7 Å². The van der Waals surface area contributed by atoms with E-state index in [2.05, 4.69) is 39.3 Å². The number of imidazole rings is 1. The summed E-state index contributed by atoms with van der Waals surface area (Å²) in [5, 5.41) is 6.74. The average molecular weight is 360 g/mol. The molecule has 0 spiro atoms. The van der Waals surface area contributed by atoms with Crippen LogP contribution in [0.5, 0.6) is 0 Å². The van der Waals surface area contributed by atoms with Crippen molar-refractivity contribution < 1.29 is 0 Å². The van der Waals surface area contributed by atoms with E-state index < -0.39 is 0 Å². The van der Waals surface area contributed by atoms with Gasteiger partial charge in [0.25, 0.3) is 0 Å². The van der Waals surface area contributed by atoms with Gasteiger partial charge in [-0.25, -0.2) is 4.98 Å². The Hall–Kier alpha value is -2.12. The lowest BCUT2D eigenvalue weighted by molar-refractivity contribution is 1.09. The summed E-state index contributed by atoms with van der Waals surface area (Å²) in [5.74, 6) is 0.870. The number of allylic oxidation sites excluding steroid dienone is 2. The van der Waals surface area contributed by atoms with E-state index in [1.165, 1.54) is 9.77 Å². The average Bonchev–Trinajstić information content (AvgIpc) is 3.27. The van der Waals surface area contributed by atoms with Crippen molar-refractivity contribution in [1.29, 1.82) is 0 Å². The smallest absolute Gasteiger partial charge is 0.139 e. The third kappa shape index (κ3) is 4.24. The number of hydrogen-bond donors (Lipinski definition) is 1. The predicted octanol–water partition coefficient (Wildman–Crippen LogP) is 4.97. The van der Waals surface area contributed by atoms with Crippen LogP contribution in [0.3, 0.4) is 0 Å². The third-order valence-corrected chi connectivity index (χ3v) is 4.88. The number of aryl methyl sites for hydroxylation is 1. The van der Waals surface area contributed by atoms with Gasteiger partial charge >= 0.3 is 0 Å². The van der Waals surface area contributed by atoms with Gasteiger partial charge in [0.05, 0.1) is 24.3 Å². The number of nitrogens with one attached hydrogen (secondary N) is 1. The first-order valence-corrected chi connectivity index (χ1v) is 9.38. The maximum absolute atomic E-state index is 4.36. The Labute approximate surface area is 150 Å². The Kier molecular flexibility index (Phi) is 6.57. The highest BCUT2D eigenvalue weighted by Crippen LogP contribution is 2.23. The van der Waals surface area contributed by atoms with Crippen molar-refractivity contribution in [1.82, 2.24) is 24.1 Å². The lowest BCUT2D eigenvalue weighted by Gasteiger charge is -2.04. The van der Waals surface area contributed by atoms with Crippen LogP contribution in [0.2, 0.25) is 0 Å². The van der Waals surface area contributed by atoms with Gasteiger partial charge in [0, 0.05) is 27.7 Å². The number of rotatable bonds is 4. The highest BCUT2D eigenvalue weighted by Gasteiger charge is 2.10. The van der Waals surface area contributed by atoms with E-state index >= 15 is 0 Å². The van der Waals surface area contributed by atoms with E-state index in [-0.39, 0.29) is 0 Å². The minimum absolute atomic E-state index is 0.870. The Bertz CT molecular complexity index is 812. The summed E-state index contributed by atoms with van der Waals surface area (Å²) in [6.07, 6.45) is 13.4. The van der Waals surface area contributed by atoms with Gasteiger partial charge in [-0.3, -0.25) is 9.67 Å². The van der Waals surface area contributed by atoms with Crippen molar-refractivity contribution in [2.75, 3.05) is 6.26 Å². The summed E-state index contributed by atoms with van der Waals surface area (Å²) in [6, 6.07) is 0. The second-order valence-corrected chi connectivity index (χ2v) is 6.89. The molecule has 0 amide bonds. The first-order valence-electron chi connectivity index (χ1n) is 7.38. The molecule has 0 aliphatic rings. The number of aromatic amines is 1. The van der Waals surface area contributed by atoms with Gasteiger partial charge in [-0.1, -0.05) is 12.7 Å². The van der Waals surface area contributed by atoms with Crippen molar-refractivity contribution in [3.05, 3.63) is 48.1 Å². The molecule has 0 aromatic carbocycles. The number of H-pyrrole nitrogens is 1. The molecule has 0 saturated heterocycles. The van der Waals surface area contributed by atoms with Crippen LogP contribution in [-0.2, 0) is 0 Å². The molecule has 0 unspecified atom stereocenters. The fraction of sp³-hybridized carbons (Fsp3) is 0.235. The highest BCUT2D eigenvalue weighted by molar-refractivity contribution is 7.98. The largest absolute Gasteiger partial charge is 0.300 e. The molecule has 3 rings (SSSR count). The third-order valence-electron chi connectivity index (χ3n) is 3.20. The monoisotopic (exact) mass is 359 g/mol. The van der Waals surface area contributed by atoms with Gasteiger partial charge in [-0.05, 0) is 44.1 Å². The Morgan fingerprint density at radius 1 is 1.38 bits per heavy atom. The molecule has 0 saturated carbocycles. The number of thioether (sulfide) groups is 1. The maximum atomic E-state index is 4.36. The van der Waals surface area contributed by atoms with Gasteiger partial charge in [0.1, 0.15) is 5.82 Å². The van der Waals surface area contributed by atoms with Gasteiger partial charge in [0.2, 0.25) is 0 Å². The molecule has 0 radical (unpaired) electrons. The molecule has 0 bridgehead atoms. The fourth-order valence-electron chi connectivity index (χ4n) is 2.07. The molecule has 126 valence electrons. The SMILES string of the molecule is C=C(C)c1ncc(-c2cn[nH]c2)n1/C=C\C.CSc1cnsc1C. The highest BCUT2D eigenvalue weighted by atomic mass is 32.2. The van der Waals surface area contributed by atoms with E-state index in [1.54, 1.807) is 29.5 Å². The minimum Gasteiger partial charge on any atom is -0.300 e. The topological polar surface area (TPSA) is 59.4 Å². The van der Waals surface area contributed by atoms with Crippen LogP contribution in [0.4, 0.5) is 0 Å². The molecule has 5 nitrogen and oxygen atoms in total. The second kappa shape index (κ2) is 8.65. The van der Waals surface area contributed by atoms with Crippen molar-refractivity contribution >= 4 is 35.1 Å². The van der Waals surface area contributed by atoms with Crippen molar-refractivity contribution in [3.8, 4) is 11.3 Å². The minimum atomic E-state index is 0.870. The van der Waals surface area contributed by atoms with E-state index in [1.807, 2.05) is 49.3 Å². The normalized spacial score (nSPS) is 10.7. The summed E-state index contributed by atoms with van der Waals surface area (Å²) in [7, 11) is 0.